The van der Waals surface area contributed by atoms with Crippen LogP contribution in [0.25, 0.3) is 10.9 Å². The average molecular weight is 255 g/mol. The van der Waals surface area contributed by atoms with Crippen molar-refractivity contribution in [2.75, 3.05) is 0 Å². The molecule has 5 heteroatoms. The number of benzene rings is 1. The predicted octanol–water partition coefficient (Wildman–Crippen LogP) is 2.05. The molecule has 0 bridgehead atoms. The van der Waals surface area contributed by atoms with Crippen molar-refractivity contribution in [2.24, 2.45) is 0 Å². The number of hydrogen-bond acceptors (Lipinski definition) is 3. The number of aromatic nitrogens is 3. The largest absolute Gasteiger partial charge is 0.310 e. The number of aromatic amines is 1. The summed E-state index contributed by atoms with van der Waals surface area (Å²) in [4.78, 5) is 22.7. The molecule has 1 aromatic carbocycles. The third-order valence-corrected chi connectivity index (χ3v) is 2.87. The molecule has 0 aliphatic rings. The molecule has 2 heterocycles. The van der Waals surface area contributed by atoms with Gasteiger partial charge in [-0.25, -0.2) is 9.37 Å². The highest BCUT2D eigenvalue weighted by Gasteiger charge is 2.07. The van der Waals surface area contributed by atoms with E-state index in [0.717, 1.165) is 0 Å². The Balaban J connectivity index is 2.07. The van der Waals surface area contributed by atoms with Crippen LogP contribution in [0.5, 0.6) is 0 Å². The molecule has 0 saturated carbocycles. The van der Waals surface area contributed by atoms with E-state index in [-0.39, 0.29) is 17.8 Å². The highest BCUT2D eigenvalue weighted by Crippen LogP contribution is 2.11. The summed E-state index contributed by atoms with van der Waals surface area (Å²) in [5.74, 6) is 0.118. The second-order valence-corrected chi connectivity index (χ2v) is 4.17. The molecule has 19 heavy (non-hydrogen) atoms. The van der Waals surface area contributed by atoms with Crippen molar-refractivity contribution in [2.45, 2.75) is 6.42 Å². The quantitative estimate of drug-likeness (QED) is 0.762. The minimum absolute atomic E-state index is 0.237. The van der Waals surface area contributed by atoms with Crippen LogP contribution in [-0.4, -0.2) is 15.0 Å². The van der Waals surface area contributed by atoms with E-state index in [1.807, 2.05) is 0 Å². The van der Waals surface area contributed by atoms with Crippen molar-refractivity contribution < 1.29 is 4.39 Å². The van der Waals surface area contributed by atoms with Crippen LogP contribution in [0.1, 0.15) is 11.4 Å². The Bertz CT molecular complexity index is 798. The number of pyridine rings is 1. The molecule has 0 saturated heterocycles. The Morgan fingerprint density at radius 2 is 2.05 bits per heavy atom. The predicted molar refractivity (Wildman–Crippen MR) is 69.4 cm³/mol. The van der Waals surface area contributed by atoms with Gasteiger partial charge in [0, 0.05) is 12.6 Å². The molecular formula is C14H10FN3O. The number of H-pyrrole nitrogens is 1. The van der Waals surface area contributed by atoms with Crippen molar-refractivity contribution in [3.63, 3.8) is 0 Å². The van der Waals surface area contributed by atoms with Crippen LogP contribution in [0.4, 0.5) is 4.39 Å². The molecule has 0 unspecified atom stereocenters. The van der Waals surface area contributed by atoms with Gasteiger partial charge in [-0.2, -0.15) is 0 Å². The third kappa shape index (κ3) is 2.22. The van der Waals surface area contributed by atoms with Gasteiger partial charge in [-0.3, -0.25) is 9.78 Å². The van der Waals surface area contributed by atoms with Gasteiger partial charge < -0.3 is 4.98 Å². The molecule has 1 N–H and O–H groups in total. The van der Waals surface area contributed by atoms with E-state index >= 15 is 0 Å². The molecule has 0 fully saturated rings. The maximum Gasteiger partial charge on any atom is 0.258 e. The Morgan fingerprint density at radius 1 is 1.21 bits per heavy atom. The summed E-state index contributed by atoms with van der Waals surface area (Å²) in [5.41, 5.74) is 0.769. The van der Waals surface area contributed by atoms with Gasteiger partial charge in [0.25, 0.3) is 5.56 Å². The zero-order valence-electron chi connectivity index (χ0n) is 9.93. The summed E-state index contributed by atoms with van der Waals surface area (Å²) < 4.78 is 13.6. The molecule has 4 nitrogen and oxygen atoms in total. The second kappa shape index (κ2) is 4.61. The topological polar surface area (TPSA) is 58.6 Å². The van der Waals surface area contributed by atoms with Crippen LogP contribution >= 0.6 is 0 Å². The Morgan fingerprint density at radius 3 is 2.89 bits per heavy atom. The van der Waals surface area contributed by atoms with Crippen LogP contribution in [0.2, 0.25) is 0 Å². The van der Waals surface area contributed by atoms with Crippen molar-refractivity contribution in [1.29, 1.82) is 0 Å². The molecule has 0 aliphatic heterocycles. The van der Waals surface area contributed by atoms with Crippen molar-refractivity contribution in [3.8, 4) is 0 Å². The lowest BCUT2D eigenvalue weighted by molar-refractivity contribution is 0.612. The standard InChI is InChI=1S/C14H10FN3O/c15-11-4-2-1-3-9(11)7-13-17-12-8-16-6-5-10(12)14(19)18-13/h1-6,8H,7H2,(H,17,18,19). The first-order valence-electron chi connectivity index (χ1n) is 5.80. The Labute approximate surface area is 108 Å². The van der Waals surface area contributed by atoms with Crippen molar-refractivity contribution in [1.82, 2.24) is 15.0 Å². The van der Waals surface area contributed by atoms with Crippen LogP contribution in [0.15, 0.2) is 47.5 Å². The third-order valence-electron chi connectivity index (χ3n) is 2.87. The van der Waals surface area contributed by atoms with Crippen LogP contribution in [0.3, 0.4) is 0 Å². The lowest BCUT2D eigenvalue weighted by Crippen LogP contribution is -2.12. The van der Waals surface area contributed by atoms with Crippen molar-refractivity contribution >= 4 is 10.9 Å². The summed E-state index contributed by atoms with van der Waals surface area (Å²) in [5, 5.41) is 0.479. The number of halogens is 1. The Hall–Kier alpha value is -2.56. The molecule has 0 spiro atoms. The second-order valence-electron chi connectivity index (χ2n) is 4.17. The van der Waals surface area contributed by atoms with E-state index in [1.165, 1.54) is 18.5 Å². The van der Waals surface area contributed by atoms with E-state index in [0.29, 0.717) is 22.3 Å². The maximum absolute atomic E-state index is 13.6. The van der Waals surface area contributed by atoms with Gasteiger partial charge in [-0.05, 0) is 17.7 Å². The van der Waals surface area contributed by atoms with Gasteiger partial charge in [-0.15, -0.1) is 0 Å². The lowest BCUT2D eigenvalue weighted by atomic mass is 10.1. The fourth-order valence-corrected chi connectivity index (χ4v) is 1.94. The molecular weight excluding hydrogens is 245 g/mol. The molecule has 0 atom stereocenters. The zero-order valence-corrected chi connectivity index (χ0v) is 9.93. The normalized spacial score (nSPS) is 10.8. The number of rotatable bonds is 2. The van der Waals surface area contributed by atoms with Crippen LogP contribution in [-0.2, 0) is 6.42 Å². The SMILES string of the molecule is O=c1[nH]c(Cc2ccccc2F)nc2cnccc12. The number of hydrogen-bond donors (Lipinski definition) is 1. The van der Waals surface area contributed by atoms with Gasteiger partial charge in [0.15, 0.2) is 0 Å². The smallest absolute Gasteiger partial charge is 0.258 e. The summed E-state index contributed by atoms with van der Waals surface area (Å²) in [6, 6.07) is 8.03. The highest BCUT2D eigenvalue weighted by atomic mass is 19.1. The number of fused-ring (bicyclic) bond motifs is 1. The molecule has 3 aromatic rings. The zero-order chi connectivity index (χ0) is 13.2. The first kappa shape index (κ1) is 11.5. The summed E-state index contributed by atoms with van der Waals surface area (Å²) in [7, 11) is 0. The minimum atomic E-state index is -0.309. The maximum atomic E-state index is 13.6. The molecule has 2 aromatic heterocycles. The molecule has 0 amide bonds. The first-order valence-corrected chi connectivity index (χ1v) is 5.80. The summed E-state index contributed by atoms with van der Waals surface area (Å²) in [6.07, 6.45) is 3.30. The summed E-state index contributed by atoms with van der Waals surface area (Å²) >= 11 is 0. The molecule has 0 radical (unpaired) electrons. The van der Waals surface area contributed by atoms with E-state index in [2.05, 4.69) is 15.0 Å². The van der Waals surface area contributed by atoms with E-state index < -0.39 is 0 Å². The van der Waals surface area contributed by atoms with E-state index in [4.69, 9.17) is 0 Å². The number of nitrogens with one attached hydrogen (secondary N) is 1. The number of nitrogens with zero attached hydrogens (tertiary/aromatic N) is 2. The monoisotopic (exact) mass is 255 g/mol. The summed E-state index contributed by atoms with van der Waals surface area (Å²) in [6.45, 7) is 0. The van der Waals surface area contributed by atoms with E-state index in [1.54, 1.807) is 24.3 Å². The van der Waals surface area contributed by atoms with Crippen LogP contribution in [0, 0.1) is 5.82 Å². The average Bonchev–Trinajstić information content (AvgIpc) is 2.42. The van der Waals surface area contributed by atoms with Crippen molar-refractivity contribution in [3.05, 3.63) is 70.3 Å². The molecule has 94 valence electrons. The van der Waals surface area contributed by atoms with E-state index in [9.17, 15) is 9.18 Å². The van der Waals surface area contributed by atoms with Gasteiger partial charge in [-0.1, -0.05) is 18.2 Å². The van der Waals surface area contributed by atoms with Gasteiger partial charge in [0.2, 0.25) is 0 Å². The van der Waals surface area contributed by atoms with Gasteiger partial charge in [0.1, 0.15) is 11.6 Å². The van der Waals surface area contributed by atoms with Gasteiger partial charge >= 0.3 is 0 Å². The lowest BCUT2D eigenvalue weighted by Gasteiger charge is -2.04. The fourth-order valence-electron chi connectivity index (χ4n) is 1.94. The fraction of sp³-hybridized carbons (Fsp3) is 0.0714. The Kier molecular flexibility index (Phi) is 2.79. The molecule has 3 rings (SSSR count). The minimum Gasteiger partial charge on any atom is -0.310 e. The van der Waals surface area contributed by atoms with Crippen LogP contribution < -0.4 is 5.56 Å². The first-order chi connectivity index (χ1) is 9.24. The van der Waals surface area contributed by atoms with Gasteiger partial charge in [0.05, 0.1) is 17.1 Å². The molecule has 0 aliphatic carbocycles. The highest BCUT2D eigenvalue weighted by molar-refractivity contribution is 5.75.